The van der Waals surface area contributed by atoms with Gasteiger partial charge in [-0.05, 0) is 49.9 Å². The Balaban J connectivity index is 1.50. The van der Waals surface area contributed by atoms with E-state index in [9.17, 15) is 9.59 Å². The zero-order valence-electron chi connectivity index (χ0n) is 17.0. The second kappa shape index (κ2) is 10.8. The van der Waals surface area contributed by atoms with Crippen molar-refractivity contribution >= 4 is 11.9 Å². The number of hydrogen-bond donors (Lipinski definition) is 0. The molecule has 156 valence electrons. The minimum Gasteiger partial charge on any atom is -0.482 e. The molecule has 0 unspecified atom stereocenters. The van der Waals surface area contributed by atoms with Crippen molar-refractivity contribution < 1.29 is 19.1 Å². The van der Waals surface area contributed by atoms with Gasteiger partial charge < -0.3 is 14.4 Å². The lowest BCUT2D eigenvalue weighted by Crippen LogP contribution is -2.50. The van der Waals surface area contributed by atoms with Crippen molar-refractivity contribution in [2.45, 2.75) is 76.3 Å². The van der Waals surface area contributed by atoms with Crippen molar-refractivity contribution in [1.29, 1.82) is 5.26 Å². The van der Waals surface area contributed by atoms with Gasteiger partial charge in [-0.2, -0.15) is 5.26 Å². The molecule has 0 N–H and O–H groups in total. The number of rotatable bonds is 7. The first kappa shape index (κ1) is 21.2. The van der Waals surface area contributed by atoms with Crippen LogP contribution < -0.4 is 4.74 Å². The van der Waals surface area contributed by atoms with Crippen molar-refractivity contribution in [3.05, 3.63) is 29.8 Å². The summed E-state index contributed by atoms with van der Waals surface area (Å²) in [4.78, 5) is 27.1. The average molecular weight is 399 g/mol. The van der Waals surface area contributed by atoms with Gasteiger partial charge in [0, 0.05) is 12.1 Å². The van der Waals surface area contributed by atoms with E-state index in [0.717, 1.165) is 25.7 Å². The van der Waals surface area contributed by atoms with Crippen LogP contribution in [0.4, 0.5) is 0 Å². The van der Waals surface area contributed by atoms with E-state index in [-0.39, 0.29) is 31.2 Å². The van der Waals surface area contributed by atoms with Crippen molar-refractivity contribution in [2.24, 2.45) is 0 Å². The highest BCUT2D eigenvalue weighted by molar-refractivity contribution is 5.81. The summed E-state index contributed by atoms with van der Waals surface area (Å²) in [6.07, 6.45) is 11.4. The maximum atomic E-state index is 13.0. The lowest BCUT2D eigenvalue weighted by molar-refractivity contribution is -0.156. The molecule has 29 heavy (non-hydrogen) atoms. The summed E-state index contributed by atoms with van der Waals surface area (Å²) < 4.78 is 10.6. The van der Waals surface area contributed by atoms with Crippen LogP contribution in [0.1, 0.15) is 69.8 Å². The molecule has 0 atom stereocenters. The first-order valence-corrected chi connectivity index (χ1v) is 10.8. The fraction of sp³-hybridized carbons (Fsp3) is 0.609. The van der Waals surface area contributed by atoms with E-state index in [0.29, 0.717) is 11.3 Å². The highest BCUT2D eigenvalue weighted by atomic mass is 16.6. The van der Waals surface area contributed by atoms with E-state index >= 15 is 0 Å². The number of carbonyl (C=O) groups excluding carboxylic acids is 2. The SMILES string of the molecule is N#Cc1ccc(OCC(=O)OCC(=O)N(C2CCCCC2)C2CCCCC2)cc1. The molecule has 0 saturated heterocycles. The predicted molar refractivity (Wildman–Crippen MR) is 108 cm³/mol. The van der Waals surface area contributed by atoms with Crippen LogP contribution in [0.15, 0.2) is 24.3 Å². The first-order valence-electron chi connectivity index (χ1n) is 10.8. The highest BCUT2D eigenvalue weighted by Gasteiger charge is 2.32. The number of nitriles is 1. The Hall–Kier alpha value is -2.55. The Morgan fingerprint density at radius 1 is 0.897 bits per heavy atom. The topological polar surface area (TPSA) is 79.6 Å². The standard InChI is InChI=1S/C23H30N2O4/c24-15-18-11-13-21(14-12-18)28-17-23(27)29-16-22(26)25(19-7-3-1-4-8-19)20-9-5-2-6-10-20/h11-14,19-20H,1-10,16-17H2. The summed E-state index contributed by atoms with van der Waals surface area (Å²) in [7, 11) is 0. The molecule has 0 bridgehead atoms. The molecule has 1 aromatic carbocycles. The Morgan fingerprint density at radius 3 is 1.97 bits per heavy atom. The summed E-state index contributed by atoms with van der Waals surface area (Å²) in [6.45, 7) is -0.478. The van der Waals surface area contributed by atoms with E-state index in [1.807, 2.05) is 11.0 Å². The molecule has 0 radical (unpaired) electrons. The molecule has 6 nitrogen and oxygen atoms in total. The Bertz CT molecular complexity index is 695. The van der Waals surface area contributed by atoms with Gasteiger partial charge in [-0.25, -0.2) is 4.79 Å². The quantitative estimate of drug-likeness (QED) is 0.649. The van der Waals surface area contributed by atoms with Crippen LogP contribution in [0.2, 0.25) is 0 Å². The summed E-state index contributed by atoms with van der Waals surface area (Å²) >= 11 is 0. The van der Waals surface area contributed by atoms with Gasteiger partial charge in [-0.15, -0.1) is 0 Å². The molecular weight excluding hydrogens is 368 g/mol. The molecular formula is C23H30N2O4. The van der Waals surface area contributed by atoms with E-state index in [4.69, 9.17) is 14.7 Å². The number of carbonyl (C=O) groups is 2. The summed E-state index contributed by atoms with van der Waals surface area (Å²) in [5, 5.41) is 8.80. The Kier molecular flexibility index (Phi) is 7.92. The van der Waals surface area contributed by atoms with Crippen molar-refractivity contribution in [1.82, 2.24) is 4.90 Å². The van der Waals surface area contributed by atoms with Crippen molar-refractivity contribution in [3.63, 3.8) is 0 Å². The number of benzene rings is 1. The molecule has 0 aromatic heterocycles. The van der Waals surface area contributed by atoms with Gasteiger partial charge in [0.1, 0.15) is 5.75 Å². The van der Waals surface area contributed by atoms with Gasteiger partial charge >= 0.3 is 5.97 Å². The van der Waals surface area contributed by atoms with Crippen LogP contribution in [-0.4, -0.2) is 42.1 Å². The van der Waals surface area contributed by atoms with E-state index in [1.165, 1.54) is 38.5 Å². The minimum atomic E-state index is -0.560. The third kappa shape index (κ3) is 6.22. The minimum absolute atomic E-state index is 0.0736. The summed E-state index contributed by atoms with van der Waals surface area (Å²) in [6, 6.07) is 9.10. The summed E-state index contributed by atoms with van der Waals surface area (Å²) in [5.74, 6) is -0.149. The second-order valence-corrected chi connectivity index (χ2v) is 7.97. The van der Waals surface area contributed by atoms with Gasteiger partial charge in [0.25, 0.3) is 5.91 Å². The van der Waals surface area contributed by atoms with Gasteiger partial charge in [0.15, 0.2) is 13.2 Å². The third-order valence-electron chi connectivity index (χ3n) is 5.92. The van der Waals surface area contributed by atoms with Gasteiger partial charge in [-0.1, -0.05) is 38.5 Å². The van der Waals surface area contributed by atoms with Crippen LogP contribution in [0.5, 0.6) is 5.75 Å². The molecule has 3 rings (SSSR count). The fourth-order valence-electron chi connectivity index (χ4n) is 4.45. The van der Waals surface area contributed by atoms with Crippen molar-refractivity contribution in [2.75, 3.05) is 13.2 Å². The normalized spacial score (nSPS) is 17.9. The number of amides is 1. The molecule has 2 fully saturated rings. The molecule has 2 aliphatic carbocycles. The lowest BCUT2D eigenvalue weighted by atomic mass is 9.88. The van der Waals surface area contributed by atoms with Crippen LogP contribution in [0, 0.1) is 11.3 Å². The molecule has 2 saturated carbocycles. The van der Waals surface area contributed by atoms with Crippen LogP contribution in [-0.2, 0) is 14.3 Å². The zero-order chi connectivity index (χ0) is 20.5. The number of hydrogen-bond acceptors (Lipinski definition) is 5. The highest BCUT2D eigenvalue weighted by Crippen LogP contribution is 2.30. The largest absolute Gasteiger partial charge is 0.482 e. The monoisotopic (exact) mass is 398 g/mol. The fourth-order valence-corrected chi connectivity index (χ4v) is 4.45. The van der Waals surface area contributed by atoms with Crippen LogP contribution >= 0.6 is 0 Å². The van der Waals surface area contributed by atoms with E-state index in [2.05, 4.69) is 0 Å². The Morgan fingerprint density at radius 2 is 1.45 bits per heavy atom. The second-order valence-electron chi connectivity index (χ2n) is 7.97. The molecule has 1 aromatic rings. The molecule has 0 spiro atoms. The number of nitrogens with zero attached hydrogens (tertiary/aromatic N) is 2. The zero-order valence-corrected chi connectivity index (χ0v) is 17.0. The van der Waals surface area contributed by atoms with Crippen LogP contribution in [0.3, 0.4) is 0 Å². The average Bonchev–Trinajstić information content (AvgIpc) is 2.78. The van der Waals surface area contributed by atoms with Crippen molar-refractivity contribution in [3.8, 4) is 11.8 Å². The number of ether oxygens (including phenoxy) is 2. The first-order chi connectivity index (χ1) is 14.2. The Labute approximate surface area is 172 Å². The molecule has 0 aliphatic heterocycles. The maximum absolute atomic E-state index is 13.0. The predicted octanol–water partition coefficient (Wildman–Crippen LogP) is 3.97. The molecule has 2 aliphatic rings. The van der Waals surface area contributed by atoms with E-state index in [1.54, 1.807) is 24.3 Å². The molecule has 1 amide bonds. The maximum Gasteiger partial charge on any atom is 0.344 e. The van der Waals surface area contributed by atoms with Gasteiger partial charge in [0.2, 0.25) is 0 Å². The summed E-state index contributed by atoms with van der Waals surface area (Å²) in [5.41, 5.74) is 0.524. The lowest BCUT2D eigenvalue weighted by Gasteiger charge is -2.41. The van der Waals surface area contributed by atoms with Gasteiger partial charge in [0.05, 0.1) is 11.6 Å². The molecule has 0 heterocycles. The third-order valence-corrected chi connectivity index (χ3v) is 5.92. The smallest absolute Gasteiger partial charge is 0.344 e. The molecule has 6 heteroatoms. The number of esters is 1. The van der Waals surface area contributed by atoms with E-state index < -0.39 is 5.97 Å². The van der Waals surface area contributed by atoms with Gasteiger partial charge in [-0.3, -0.25) is 4.79 Å². The van der Waals surface area contributed by atoms with Crippen LogP contribution in [0.25, 0.3) is 0 Å².